The van der Waals surface area contributed by atoms with E-state index in [1.54, 1.807) is 6.40 Å². The third-order valence-corrected chi connectivity index (χ3v) is 0.188. The quantitative estimate of drug-likeness (QED) is 0.332. The molecule has 0 N–H and O–H groups in total. The maximum Gasteiger partial charge on any atom is 0.124 e. The van der Waals surface area contributed by atoms with Gasteiger partial charge in [0.05, 0.1) is 6.85 Å². The Morgan fingerprint density at radius 1 is 2.33 bits per heavy atom. The molecule has 0 aromatic carbocycles. The summed E-state index contributed by atoms with van der Waals surface area (Å²) in [6.07, 6.45) is 1.65. The van der Waals surface area contributed by atoms with E-state index in [4.69, 9.17) is 8.22 Å². The molecule has 0 radical (unpaired) electrons. The monoisotopic (exact) mass is 84.1 g/mol. The van der Waals surface area contributed by atoms with Crippen LogP contribution in [0.2, 0.25) is 0 Å². The second-order valence-electron chi connectivity index (χ2n) is 0.500. The Bertz CT molecular complexity index is 285. The second kappa shape index (κ2) is 4.04. The molecule has 0 saturated heterocycles. The van der Waals surface area contributed by atoms with Crippen molar-refractivity contribution in [2.75, 3.05) is 0 Å². The van der Waals surface area contributed by atoms with Crippen molar-refractivity contribution in [2.45, 2.75) is 0 Å². The van der Waals surface area contributed by atoms with Crippen LogP contribution in [0.25, 0.3) is 0 Å². The summed E-state index contributed by atoms with van der Waals surface area (Å²) < 4.78 is 40.7. The molecule has 0 fully saturated rings. The molecule has 0 aliphatic rings. The fourth-order valence-corrected chi connectivity index (χ4v) is 0.0625. The normalized spacial score (nSPS) is 23.3. The summed E-state index contributed by atoms with van der Waals surface area (Å²) in [6.45, 7) is -0.837. The van der Waals surface area contributed by atoms with Crippen molar-refractivity contribution in [1.82, 2.24) is 0 Å². The number of allylic oxidation sites excluding steroid dienone is 3. The minimum absolute atomic E-state index is 0.521. The van der Waals surface area contributed by atoms with E-state index in [0.29, 0.717) is 0 Å². The molecule has 6 heavy (non-hydrogen) atoms. The van der Waals surface area contributed by atoms with Gasteiger partial charge in [0.1, 0.15) is 1.37 Å². The van der Waals surface area contributed by atoms with Crippen molar-refractivity contribution in [3.05, 3.63) is 24.7 Å². The molecule has 0 aliphatic heterocycles. The van der Waals surface area contributed by atoms with Crippen LogP contribution < -0.4 is 0 Å². The molecule has 0 saturated carbocycles. The zero-order valence-electron chi connectivity index (χ0n) is 9.00. The van der Waals surface area contributed by atoms with Crippen molar-refractivity contribution < 1.29 is 8.22 Å². The SMILES string of the molecule is [2H]C#CC([2H])=C([2H])C([2H])=C([2H])[2H]. The molecule has 0 heteroatoms. The minimum atomic E-state index is -0.837. The summed E-state index contributed by atoms with van der Waals surface area (Å²) in [5, 5.41) is 0. The zero-order chi connectivity index (χ0) is 9.72. The second-order valence-corrected chi connectivity index (χ2v) is 0.500. The van der Waals surface area contributed by atoms with Crippen LogP contribution in [0, 0.1) is 12.3 Å². The van der Waals surface area contributed by atoms with Gasteiger partial charge in [0.2, 0.25) is 0 Å². The Morgan fingerprint density at radius 2 is 3.33 bits per heavy atom. The molecule has 0 heterocycles. The molecular formula is C6H6. The molecule has 0 unspecified atom stereocenters. The summed E-state index contributed by atoms with van der Waals surface area (Å²) in [7, 11) is 0. The third-order valence-electron chi connectivity index (χ3n) is 0.188. The largest absolute Gasteiger partial charge is 0.124 e. The smallest absolute Gasteiger partial charge is 0.115 e. The summed E-state index contributed by atoms with van der Waals surface area (Å²) in [4.78, 5) is 0. The summed E-state index contributed by atoms with van der Waals surface area (Å²) in [6, 6.07) is -1.79. The number of rotatable bonds is 1. The van der Waals surface area contributed by atoms with E-state index in [1.807, 2.05) is 5.92 Å². The molecule has 0 aromatic rings. The van der Waals surface area contributed by atoms with Crippen molar-refractivity contribution in [3.8, 4) is 12.3 Å². The first-order valence-electron chi connectivity index (χ1n) is 4.25. The highest BCUT2D eigenvalue weighted by Crippen LogP contribution is 1.65. The maximum absolute atomic E-state index is 7.04. The molecule has 0 nitrogen and oxygen atoms in total. The van der Waals surface area contributed by atoms with E-state index in [-0.39, 0.29) is 0 Å². The predicted molar refractivity (Wildman–Crippen MR) is 28.2 cm³/mol. The Morgan fingerprint density at radius 3 is 4.00 bits per heavy atom. The van der Waals surface area contributed by atoms with Crippen LogP contribution in [0.3, 0.4) is 0 Å². The van der Waals surface area contributed by atoms with Gasteiger partial charge in [-0.3, -0.25) is 0 Å². The standard InChI is InChI=1S/C6H6/c1-3-5-6-4-2/h1,4-6H,2H2/i1D,2D2,4D,5D,6D. The van der Waals surface area contributed by atoms with Gasteiger partial charge in [-0.2, -0.15) is 0 Å². The van der Waals surface area contributed by atoms with Crippen LogP contribution >= 0.6 is 0 Å². The Labute approximate surface area is 46.6 Å². The summed E-state index contributed by atoms with van der Waals surface area (Å²) in [5.74, 6) is 1.94. The fraction of sp³-hybridized carbons (Fsp3) is 0. The van der Waals surface area contributed by atoms with Gasteiger partial charge in [-0.1, -0.05) is 24.6 Å². The lowest BCUT2D eigenvalue weighted by Gasteiger charge is -1.57. The van der Waals surface area contributed by atoms with E-state index < -0.39 is 24.7 Å². The lowest BCUT2D eigenvalue weighted by atomic mass is 10.5. The van der Waals surface area contributed by atoms with Gasteiger partial charge in [-0.05, 0) is 6.05 Å². The van der Waals surface area contributed by atoms with Crippen molar-refractivity contribution in [3.63, 3.8) is 0 Å². The van der Waals surface area contributed by atoms with E-state index in [2.05, 4.69) is 0 Å². The molecule has 0 aliphatic carbocycles. The van der Waals surface area contributed by atoms with Gasteiger partial charge in [0.25, 0.3) is 0 Å². The highest BCUT2D eigenvalue weighted by molar-refractivity contribution is 5.13. The zero-order valence-corrected chi connectivity index (χ0v) is 3.00. The van der Waals surface area contributed by atoms with Gasteiger partial charge < -0.3 is 0 Å². The first-order valence-corrected chi connectivity index (χ1v) is 1.25. The molecule has 0 spiro atoms. The van der Waals surface area contributed by atoms with Crippen molar-refractivity contribution in [2.24, 2.45) is 0 Å². The summed E-state index contributed by atoms with van der Waals surface area (Å²) >= 11 is 0. The Balaban J connectivity index is 5.01. The van der Waals surface area contributed by atoms with Gasteiger partial charge in [0.15, 0.2) is 0 Å². The minimum Gasteiger partial charge on any atom is -0.115 e. The average Bonchev–Trinajstić information content (AvgIpc) is 2.02. The van der Waals surface area contributed by atoms with Crippen LogP contribution in [0.15, 0.2) is 24.7 Å². The van der Waals surface area contributed by atoms with Crippen LogP contribution in [0.5, 0.6) is 0 Å². The van der Waals surface area contributed by atoms with Crippen LogP contribution in [-0.2, 0) is 0 Å². The van der Waals surface area contributed by atoms with Crippen LogP contribution in [-0.4, -0.2) is 0 Å². The first kappa shape index (κ1) is 0.816. The highest BCUT2D eigenvalue weighted by Gasteiger charge is 1.47. The lowest BCUT2D eigenvalue weighted by molar-refractivity contribution is 2.05. The van der Waals surface area contributed by atoms with Crippen molar-refractivity contribution >= 4 is 0 Å². The molecule has 0 bridgehead atoms. The van der Waals surface area contributed by atoms with E-state index in [1.165, 1.54) is 0 Å². The summed E-state index contributed by atoms with van der Waals surface area (Å²) in [5.41, 5.74) is 0. The van der Waals surface area contributed by atoms with E-state index >= 15 is 0 Å². The maximum atomic E-state index is 7.04. The van der Waals surface area contributed by atoms with E-state index in [9.17, 15) is 0 Å². The fourth-order valence-electron chi connectivity index (χ4n) is 0.0625. The van der Waals surface area contributed by atoms with Gasteiger partial charge in [-0.25, -0.2) is 0 Å². The average molecular weight is 84.2 g/mol. The van der Waals surface area contributed by atoms with Gasteiger partial charge in [0, 0.05) is 0 Å². The Kier molecular flexibility index (Phi) is 0.549. The van der Waals surface area contributed by atoms with Crippen molar-refractivity contribution in [1.29, 1.82) is 0 Å². The molecule has 0 aromatic heterocycles. The van der Waals surface area contributed by atoms with Crippen LogP contribution in [0.4, 0.5) is 0 Å². The first-order chi connectivity index (χ1) is 5.50. The molecule has 30 valence electrons. The number of terminal acetylenes is 1. The van der Waals surface area contributed by atoms with Crippen LogP contribution in [0.1, 0.15) is 8.22 Å². The predicted octanol–water partition coefficient (Wildman–Crippen LogP) is 1.36. The van der Waals surface area contributed by atoms with Gasteiger partial charge >= 0.3 is 0 Å². The molecule has 0 rings (SSSR count). The van der Waals surface area contributed by atoms with E-state index in [0.717, 1.165) is 0 Å². The number of hydrogen-bond donors (Lipinski definition) is 0. The molecular weight excluding hydrogens is 72.1 g/mol. The topological polar surface area (TPSA) is 0 Å². The number of hydrogen-bond acceptors (Lipinski definition) is 0. The molecule has 0 amide bonds. The Hall–Kier alpha value is -0.960. The van der Waals surface area contributed by atoms with Gasteiger partial charge in [-0.15, -0.1) is 6.40 Å². The lowest BCUT2D eigenvalue weighted by Crippen LogP contribution is -1.39. The third kappa shape index (κ3) is 3.04. The highest BCUT2D eigenvalue weighted by atomic mass is 13.5. The molecule has 0 atom stereocenters.